The standard InChI is InChI=1S/C20H22N2OS2/c1-12(2)24-16-7-5-15(6-8-16)11-19(23)22-20-21-17-9-13(3)14(4)10-18(17)25-20/h5-10,12H,11H2,1-4H3,(H,21,22,23). The first-order valence-corrected chi connectivity index (χ1v) is 10.0. The number of anilines is 1. The highest BCUT2D eigenvalue weighted by molar-refractivity contribution is 7.99. The third-order valence-corrected chi connectivity index (χ3v) is 5.86. The molecule has 0 aliphatic heterocycles. The number of nitrogens with one attached hydrogen (secondary N) is 1. The number of thioether (sulfide) groups is 1. The summed E-state index contributed by atoms with van der Waals surface area (Å²) in [6.07, 6.45) is 0.362. The summed E-state index contributed by atoms with van der Waals surface area (Å²) < 4.78 is 1.11. The van der Waals surface area contributed by atoms with Gasteiger partial charge in [0.05, 0.1) is 16.6 Å². The number of carbonyl (C=O) groups excluding carboxylic acids is 1. The van der Waals surface area contributed by atoms with E-state index in [1.165, 1.54) is 27.4 Å². The molecule has 0 saturated carbocycles. The Hall–Kier alpha value is -1.85. The number of aryl methyl sites for hydroxylation is 2. The minimum Gasteiger partial charge on any atom is -0.302 e. The molecule has 0 unspecified atom stereocenters. The summed E-state index contributed by atoms with van der Waals surface area (Å²) in [5.41, 5.74) is 4.42. The van der Waals surface area contributed by atoms with Gasteiger partial charge >= 0.3 is 0 Å². The molecule has 1 amide bonds. The van der Waals surface area contributed by atoms with Crippen LogP contribution in [0.1, 0.15) is 30.5 Å². The molecular weight excluding hydrogens is 348 g/mol. The highest BCUT2D eigenvalue weighted by Crippen LogP contribution is 2.28. The van der Waals surface area contributed by atoms with Gasteiger partial charge in [-0.15, -0.1) is 11.8 Å². The predicted molar refractivity (Wildman–Crippen MR) is 109 cm³/mol. The molecule has 0 fully saturated rings. The van der Waals surface area contributed by atoms with Crippen LogP contribution in [-0.2, 0) is 11.2 Å². The van der Waals surface area contributed by atoms with Gasteiger partial charge in [-0.2, -0.15) is 0 Å². The van der Waals surface area contributed by atoms with Crippen molar-refractivity contribution in [1.82, 2.24) is 4.98 Å². The third-order valence-electron chi connectivity index (χ3n) is 3.91. The van der Waals surface area contributed by atoms with Crippen molar-refractivity contribution in [3.05, 3.63) is 53.1 Å². The Morgan fingerprint density at radius 1 is 1.16 bits per heavy atom. The lowest BCUT2D eigenvalue weighted by Gasteiger charge is -2.06. The lowest BCUT2D eigenvalue weighted by atomic mass is 10.1. The van der Waals surface area contributed by atoms with E-state index in [2.05, 4.69) is 62.3 Å². The second-order valence-electron chi connectivity index (χ2n) is 6.46. The highest BCUT2D eigenvalue weighted by atomic mass is 32.2. The van der Waals surface area contributed by atoms with E-state index in [-0.39, 0.29) is 5.91 Å². The fraction of sp³-hybridized carbons (Fsp3) is 0.300. The van der Waals surface area contributed by atoms with Crippen molar-refractivity contribution in [1.29, 1.82) is 0 Å². The van der Waals surface area contributed by atoms with Crippen LogP contribution >= 0.6 is 23.1 Å². The van der Waals surface area contributed by atoms with Gasteiger partial charge in [0.15, 0.2) is 5.13 Å². The average molecular weight is 371 g/mol. The molecule has 0 radical (unpaired) electrons. The second-order valence-corrected chi connectivity index (χ2v) is 9.14. The zero-order valence-electron chi connectivity index (χ0n) is 14.9. The Kier molecular flexibility index (Phi) is 5.45. The van der Waals surface area contributed by atoms with E-state index in [9.17, 15) is 4.79 Å². The summed E-state index contributed by atoms with van der Waals surface area (Å²) in [6.45, 7) is 8.52. The van der Waals surface area contributed by atoms with Crippen molar-refractivity contribution in [3.8, 4) is 0 Å². The van der Waals surface area contributed by atoms with Gasteiger partial charge in [-0.25, -0.2) is 4.98 Å². The molecule has 1 N–H and O–H groups in total. The van der Waals surface area contributed by atoms with E-state index >= 15 is 0 Å². The monoisotopic (exact) mass is 370 g/mol. The van der Waals surface area contributed by atoms with E-state index in [4.69, 9.17) is 0 Å². The topological polar surface area (TPSA) is 42.0 Å². The van der Waals surface area contributed by atoms with Gasteiger partial charge < -0.3 is 5.32 Å². The van der Waals surface area contributed by atoms with E-state index in [1.54, 1.807) is 0 Å². The SMILES string of the molecule is Cc1cc2nc(NC(=O)Cc3ccc(SC(C)C)cc3)sc2cc1C. The van der Waals surface area contributed by atoms with Gasteiger partial charge in [0, 0.05) is 10.1 Å². The molecule has 1 aromatic heterocycles. The lowest BCUT2D eigenvalue weighted by Crippen LogP contribution is -2.14. The molecule has 0 bridgehead atoms. The molecule has 130 valence electrons. The summed E-state index contributed by atoms with van der Waals surface area (Å²) in [6, 6.07) is 12.4. The summed E-state index contributed by atoms with van der Waals surface area (Å²) >= 11 is 3.35. The first-order chi connectivity index (χ1) is 11.9. The number of hydrogen-bond donors (Lipinski definition) is 1. The van der Waals surface area contributed by atoms with E-state index < -0.39 is 0 Å². The van der Waals surface area contributed by atoms with Gasteiger partial charge in [0.1, 0.15) is 0 Å². The Balaban J connectivity index is 1.66. The average Bonchev–Trinajstić information content (AvgIpc) is 2.90. The van der Waals surface area contributed by atoms with Gasteiger partial charge in [0.2, 0.25) is 5.91 Å². The Morgan fingerprint density at radius 2 is 1.84 bits per heavy atom. The van der Waals surface area contributed by atoms with Crippen molar-refractivity contribution in [2.75, 3.05) is 5.32 Å². The lowest BCUT2D eigenvalue weighted by molar-refractivity contribution is -0.115. The van der Waals surface area contributed by atoms with E-state index in [0.717, 1.165) is 15.8 Å². The maximum absolute atomic E-state index is 12.3. The number of amides is 1. The molecule has 2 aromatic carbocycles. The van der Waals surface area contributed by atoms with Crippen LogP contribution in [0.5, 0.6) is 0 Å². The summed E-state index contributed by atoms with van der Waals surface area (Å²) in [7, 11) is 0. The van der Waals surface area contributed by atoms with Crippen molar-refractivity contribution < 1.29 is 4.79 Å². The fourth-order valence-electron chi connectivity index (χ4n) is 2.54. The number of benzene rings is 2. The van der Waals surface area contributed by atoms with Crippen LogP contribution in [0, 0.1) is 13.8 Å². The van der Waals surface area contributed by atoms with Crippen LogP contribution < -0.4 is 5.32 Å². The van der Waals surface area contributed by atoms with Crippen LogP contribution in [0.25, 0.3) is 10.2 Å². The van der Waals surface area contributed by atoms with Gasteiger partial charge in [0.25, 0.3) is 0 Å². The van der Waals surface area contributed by atoms with Crippen LogP contribution in [-0.4, -0.2) is 16.1 Å². The van der Waals surface area contributed by atoms with Crippen molar-refractivity contribution in [2.24, 2.45) is 0 Å². The number of carbonyl (C=O) groups is 1. The normalized spacial score (nSPS) is 11.2. The molecule has 3 nitrogen and oxygen atoms in total. The van der Waals surface area contributed by atoms with Crippen molar-refractivity contribution >= 4 is 44.4 Å². The number of thiazole rings is 1. The Labute approximate surface area is 156 Å². The molecule has 3 rings (SSSR count). The Bertz CT molecular complexity index is 859. The molecule has 0 aliphatic carbocycles. The van der Waals surface area contributed by atoms with Crippen LogP contribution in [0.2, 0.25) is 0 Å². The number of fused-ring (bicyclic) bond motifs is 1. The molecule has 0 spiro atoms. The number of rotatable bonds is 5. The van der Waals surface area contributed by atoms with E-state index in [1.807, 2.05) is 23.9 Å². The number of aromatic nitrogens is 1. The van der Waals surface area contributed by atoms with Crippen molar-refractivity contribution in [2.45, 2.75) is 44.3 Å². The van der Waals surface area contributed by atoms with Crippen molar-refractivity contribution in [3.63, 3.8) is 0 Å². The maximum atomic E-state index is 12.3. The molecule has 0 saturated heterocycles. The summed E-state index contributed by atoms with van der Waals surface area (Å²) in [5.74, 6) is -0.0308. The molecular formula is C20H22N2OS2. The van der Waals surface area contributed by atoms with Gasteiger partial charge in [-0.1, -0.05) is 37.3 Å². The van der Waals surface area contributed by atoms with Gasteiger partial charge in [-0.3, -0.25) is 4.79 Å². The largest absolute Gasteiger partial charge is 0.302 e. The summed E-state index contributed by atoms with van der Waals surface area (Å²) in [4.78, 5) is 18.1. The highest BCUT2D eigenvalue weighted by Gasteiger charge is 2.10. The first-order valence-electron chi connectivity index (χ1n) is 8.34. The second kappa shape index (κ2) is 7.58. The van der Waals surface area contributed by atoms with E-state index in [0.29, 0.717) is 16.8 Å². The molecule has 25 heavy (non-hydrogen) atoms. The number of nitrogens with zero attached hydrogens (tertiary/aromatic N) is 1. The van der Waals surface area contributed by atoms with Crippen LogP contribution in [0.15, 0.2) is 41.3 Å². The Morgan fingerprint density at radius 3 is 2.52 bits per heavy atom. The zero-order valence-corrected chi connectivity index (χ0v) is 16.6. The van der Waals surface area contributed by atoms with Gasteiger partial charge in [-0.05, 0) is 54.8 Å². The molecule has 1 heterocycles. The molecule has 0 aliphatic rings. The smallest absolute Gasteiger partial charge is 0.230 e. The number of hydrogen-bond acceptors (Lipinski definition) is 4. The first kappa shape index (κ1) is 18.0. The molecule has 3 aromatic rings. The quantitative estimate of drug-likeness (QED) is 0.595. The third kappa shape index (κ3) is 4.61. The molecule has 5 heteroatoms. The van der Waals surface area contributed by atoms with Crippen LogP contribution in [0.3, 0.4) is 0 Å². The minimum absolute atomic E-state index is 0.0308. The minimum atomic E-state index is -0.0308. The predicted octanol–water partition coefficient (Wildman–Crippen LogP) is 5.59. The maximum Gasteiger partial charge on any atom is 0.230 e. The van der Waals surface area contributed by atoms with Crippen LogP contribution in [0.4, 0.5) is 5.13 Å². The fourth-order valence-corrected chi connectivity index (χ4v) is 4.34. The molecule has 0 atom stereocenters. The zero-order chi connectivity index (χ0) is 18.0. The summed E-state index contributed by atoms with van der Waals surface area (Å²) in [5, 5.41) is 4.15.